The Morgan fingerprint density at radius 1 is 1.40 bits per heavy atom. The molecule has 0 unspecified atom stereocenters. The van der Waals surface area contributed by atoms with Crippen molar-refractivity contribution in [2.45, 2.75) is 6.92 Å². The van der Waals surface area contributed by atoms with E-state index in [1.165, 1.54) is 18.2 Å². The van der Waals surface area contributed by atoms with Crippen LogP contribution in [0.5, 0.6) is 0 Å². The second-order valence-corrected chi connectivity index (χ2v) is 4.42. The number of rotatable bonds is 4. The van der Waals surface area contributed by atoms with Crippen molar-refractivity contribution < 1.29 is 9.18 Å². The zero-order chi connectivity index (χ0) is 14.5. The van der Waals surface area contributed by atoms with Crippen LogP contribution in [0.2, 0.25) is 5.02 Å². The van der Waals surface area contributed by atoms with Gasteiger partial charge in [-0.1, -0.05) is 11.6 Å². The summed E-state index contributed by atoms with van der Waals surface area (Å²) in [6.07, 6.45) is 1.60. The largest absolute Gasteiger partial charge is 0.370 e. The molecule has 2 aromatic rings. The quantitative estimate of drug-likeness (QED) is 0.906. The number of pyridine rings is 1. The van der Waals surface area contributed by atoms with Gasteiger partial charge in [-0.25, -0.2) is 9.37 Å². The molecule has 0 fully saturated rings. The standard InChI is InChI=1S/C14H13ClFN3O/c1-2-17-13-10(4-3-7-18-13)14(20)19-9-5-6-12(16)11(15)8-9/h3-8H,2H2,1H3,(H,17,18)(H,19,20). The van der Waals surface area contributed by atoms with E-state index in [1.807, 2.05) is 6.92 Å². The number of hydrogen-bond acceptors (Lipinski definition) is 3. The maximum absolute atomic E-state index is 13.1. The Bertz CT molecular complexity index is 634. The number of anilines is 2. The van der Waals surface area contributed by atoms with Gasteiger partial charge in [-0.3, -0.25) is 4.79 Å². The summed E-state index contributed by atoms with van der Waals surface area (Å²) in [6.45, 7) is 2.57. The van der Waals surface area contributed by atoms with Crippen LogP contribution in [0.25, 0.3) is 0 Å². The lowest BCUT2D eigenvalue weighted by Crippen LogP contribution is -2.15. The monoisotopic (exact) mass is 293 g/mol. The molecule has 2 rings (SSSR count). The van der Waals surface area contributed by atoms with Crippen LogP contribution in [0.3, 0.4) is 0 Å². The van der Waals surface area contributed by atoms with E-state index >= 15 is 0 Å². The van der Waals surface area contributed by atoms with Gasteiger partial charge in [0.15, 0.2) is 0 Å². The van der Waals surface area contributed by atoms with Crippen LogP contribution >= 0.6 is 11.6 Å². The fourth-order valence-corrected chi connectivity index (χ4v) is 1.85. The van der Waals surface area contributed by atoms with Crippen molar-refractivity contribution in [3.63, 3.8) is 0 Å². The summed E-state index contributed by atoms with van der Waals surface area (Å²) < 4.78 is 13.1. The van der Waals surface area contributed by atoms with Crippen molar-refractivity contribution in [2.75, 3.05) is 17.2 Å². The molecular weight excluding hydrogens is 281 g/mol. The summed E-state index contributed by atoms with van der Waals surface area (Å²) in [6, 6.07) is 7.34. The SMILES string of the molecule is CCNc1ncccc1C(=O)Nc1ccc(F)c(Cl)c1. The molecule has 6 heteroatoms. The summed E-state index contributed by atoms with van der Waals surface area (Å²) in [7, 11) is 0. The lowest BCUT2D eigenvalue weighted by molar-refractivity contribution is 0.102. The highest BCUT2D eigenvalue weighted by atomic mass is 35.5. The van der Waals surface area contributed by atoms with Crippen molar-refractivity contribution >= 4 is 29.0 Å². The summed E-state index contributed by atoms with van der Waals surface area (Å²) in [4.78, 5) is 16.3. The predicted molar refractivity (Wildman–Crippen MR) is 77.8 cm³/mol. The molecule has 4 nitrogen and oxygen atoms in total. The van der Waals surface area contributed by atoms with Crippen LogP contribution in [0.4, 0.5) is 15.9 Å². The van der Waals surface area contributed by atoms with Gasteiger partial charge in [-0.2, -0.15) is 0 Å². The van der Waals surface area contributed by atoms with E-state index in [2.05, 4.69) is 15.6 Å². The topological polar surface area (TPSA) is 54.0 Å². The maximum Gasteiger partial charge on any atom is 0.259 e. The molecule has 0 spiro atoms. The number of halogens is 2. The first-order valence-corrected chi connectivity index (χ1v) is 6.45. The van der Waals surface area contributed by atoms with Gasteiger partial charge in [0, 0.05) is 18.4 Å². The van der Waals surface area contributed by atoms with Crippen molar-refractivity contribution in [2.24, 2.45) is 0 Å². The molecule has 1 heterocycles. The molecule has 1 aromatic heterocycles. The summed E-state index contributed by atoms with van der Waals surface area (Å²) >= 11 is 5.67. The number of benzene rings is 1. The Morgan fingerprint density at radius 2 is 2.20 bits per heavy atom. The molecule has 20 heavy (non-hydrogen) atoms. The molecule has 0 saturated carbocycles. The normalized spacial score (nSPS) is 10.2. The Kier molecular flexibility index (Phi) is 4.53. The summed E-state index contributed by atoms with van der Waals surface area (Å²) in [5, 5.41) is 5.62. The van der Waals surface area contributed by atoms with Crippen molar-refractivity contribution in [3.8, 4) is 0 Å². The maximum atomic E-state index is 13.1. The molecule has 104 valence electrons. The third-order valence-electron chi connectivity index (χ3n) is 2.57. The first kappa shape index (κ1) is 14.3. The minimum atomic E-state index is -0.528. The first-order chi connectivity index (χ1) is 9.61. The number of aromatic nitrogens is 1. The zero-order valence-corrected chi connectivity index (χ0v) is 11.5. The van der Waals surface area contributed by atoms with Crippen LogP contribution < -0.4 is 10.6 Å². The van der Waals surface area contributed by atoms with Crippen molar-refractivity contribution in [3.05, 3.63) is 52.9 Å². The van der Waals surface area contributed by atoms with Gasteiger partial charge in [0.05, 0.1) is 10.6 Å². The van der Waals surface area contributed by atoms with Gasteiger partial charge in [-0.15, -0.1) is 0 Å². The highest BCUT2D eigenvalue weighted by Crippen LogP contribution is 2.20. The van der Waals surface area contributed by atoms with Crippen LogP contribution in [0, 0.1) is 5.82 Å². The Morgan fingerprint density at radius 3 is 2.90 bits per heavy atom. The van der Waals surface area contributed by atoms with Gasteiger partial charge >= 0.3 is 0 Å². The van der Waals surface area contributed by atoms with E-state index in [1.54, 1.807) is 18.3 Å². The molecule has 0 aliphatic heterocycles. The third-order valence-corrected chi connectivity index (χ3v) is 2.86. The Hall–Kier alpha value is -2.14. The Balaban J connectivity index is 2.21. The van der Waals surface area contributed by atoms with E-state index in [0.717, 1.165) is 0 Å². The van der Waals surface area contributed by atoms with Crippen LogP contribution in [0.15, 0.2) is 36.5 Å². The van der Waals surface area contributed by atoms with Crippen molar-refractivity contribution in [1.82, 2.24) is 4.98 Å². The van der Waals surface area contributed by atoms with Crippen molar-refractivity contribution in [1.29, 1.82) is 0 Å². The molecule has 0 atom stereocenters. The fourth-order valence-electron chi connectivity index (χ4n) is 1.67. The highest BCUT2D eigenvalue weighted by molar-refractivity contribution is 6.31. The molecule has 0 radical (unpaired) electrons. The average Bonchev–Trinajstić information content (AvgIpc) is 2.44. The number of nitrogens with zero attached hydrogens (tertiary/aromatic N) is 1. The lowest BCUT2D eigenvalue weighted by atomic mass is 10.2. The minimum absolute atomic E-state index is 0.0408. The summed E-state index contributed by atoms with van der Waals surface area (Å²) in [5.74, 6) is -0.364. The zero-order valence-electron chi connectivity index (χ0n) is 10.8. The molecule has 2 N–H and O–H groups in total. The number of nitrogens with one attached hydrogen (secondary N) is 2. The van der Waals surface area contributed by atoms with Gasteiger partial charge in [0.2, 0.25) is 0 Å². The molecule has 0 aliphatic carbocycles. The third kappa shape index (κ3) is 3.24. The van der Waals surface area contributed by atoms with Gasteiger partial charge < -0.3 is 10.6 Å². The van der Waals surface area contributed by atoms with Gasteiger partial charge in [0.25, 0.3) is 5.91 Å². The summed E-state index contributed by atoms with van der Waals surface area (Å²) in [5.41, 5.74) is 0.836. The number of carbonyl (C=O) groups is 1. The van der Waals surface area contributed by atoms with E-state index in [9.17, 15) is 9.18 Å². The van der Waals surface area contributed by atoms with E-state index in [4.69, 9.17) is 11.6 Å². The molecule has 0 saturated heterocycles. The second-order valence-electron chi connectivity index (χ2n) is 4.01. The minimum Gasteiger partial charge on any atom is -0.370 e. The molecule has 0 bridgehead atoms. The van der Waals surface area contributed by atoms with E-state index in [-0.39, 0.29) is 10.9 Å². The molecule has 1 amide bonds. The fraction of sp³-hybridized carbons (Fsp3) is 0.143. The first-order valence-electron chi connectivity index (χ1n) is 6.07. The second kappa shape index (κ2) is 6.34. The number of hydrogen-bond donors (Lipinski definition) is 2. The average molecular weight is 294 g/mol. The van der Waals surface area contributed by atoms with Crippen LogP contribution in [0.1, 0.15) is 17.3 Å². The molecular formula is C14H13ClFN3O. The number of carbonyl (C=O) groups excluding carboxylic acids is 1. The van der Waals surface area contributed by atoms with E-state index in [0.29, 0.717) is 23.6 Å². The Labute approximate surface area is 121 Å². The van der Waals surface area contributed by atoms with Gasteiger partial charge in [0.1, 0.15) is 11.6 Å². The van der Waals surface area contributed by atoms with Crippen LogP contribution in [-0.4, -0.2) is 17.4 Å². The van der Waals surface area contributed by atoms with E-state index < -0.39 is 5.82 Å². The van der Waals surface area contributed by atoms with Gasteiger partial charge in [-0.05, 0) is 37.3 Å². The number of amides is 1. The lowest BCUT2D eigenvalue weighted by Gasteiger charge is -2.10. The predicted octanol–water partition coefficient (Wildman–Crippen LogP) is 3.56. The van der Waals surface area contributed by atoms with Crippen LogP contribution in [-0.2, 0) is 0 Å². The highest BCUT2D eigenvalue weighted by Gasteiger charge is 2.12. The molecule has 1 aromatic carbocycles. The smallest absolute Gasteiger partial charge is 0.259 e. The molecule has 0 aliphatic rings.